The van der Waals surface area contributed by atoms with Gasteiger partial charge in [-0.15, -0.1) is 0 Å². The Balaban J connectivity index is 1.61. The van der Waals surface area contributed by atoms with E-state index in [4.69, 9.17) is 15.5 Å². The summed E-state index contributed by atoms with van der Waals surface area (Å²) in [7, 11) is 0. The number of imidazole rings is 1. The van der Waals surface area contributed by atoms with E-state index in [1.165, 1.54) is 44.9 Å². The Morgan fingerprint density at radius 2 is 1.78 bits per heavy atom. The monoisotopic (exact) mass is 511 g/mol. The van der Waals surface area contributed by atoms with Crippen LogP contribution in [0.2, 0.25) is 0 Å². The number of rotatable bonds is 7. The number of nitrogens with zero attached hydrogens (tertiary/aromatic N) is 4. The summed E-state index contributed by atoms with van der Waals surface area (Å²) in [6.07, 6.45) is 10.3. The Bertz CT molecular complexity index is 1140. The molecule has 5 rings (SSSR count). The summed E-state index contributed by atoms with van der Waals surface area (Å²) in [5.74, 6) is 2.86. The van der Waals surface area contributed by atoms with Crippen LogP contribution in [0.15, 0.2) is 0 Å². The maximum Gasteiger partial charge on any atom is 0.410 e. The molecule has 3 aliphatic carbocycles. The molecule has 0 saturated heterocycles. The van der Waals surface area contributed by atoms with Crippen LogP contribution in [0.3, 0.4) is 0 Å². The summed E-state index contributed by atoms with van der Waals surface area (Å²) >= 11 is 0. The highest BCUT2D eigenvalue weighted by Gasteiger charge is 2.33. The van der Waals surface area contributed by atoms with Crippen LogP contribution in [0.5, 0.6) is 0 Å². The van der Waals surface area contributed by atoms with E-state index in [0.717, 1.165) is 49.5 Å². The van der Waals surface area contributed by atoms with Gasteiger partial charge >= 0.3 is 6.09 Å². The summed E-state index contributed by atoms with van der Waals surface area (Å²) < 4.78 is 2.25. The quantitative estimate of drug-likeness (QED) is 0.263. The van der Waals surface area contributed by atoms with Crippen molar-refractivity contribution in [3.8, 4) is 0 Å². The number of hydrogen-bond acceptors (Lipinski definition) is 7. The maximum atomic E-state index is 11.2. The average molecular weight is 512 g/mol. The largest absolute Gasteiger partial charge is 0.465 e. The number of anilines is 1. The maximum absolute atomic E-state index is 11.2. The molecule has 10 nitrogen and oxygen atoms in total. The Morgan fingerprint density at radius 3 is 2.43 bits per heavy atom. The molecule has 1 amide bonds. The predicted octanol–water partition coefficient (Wildman–Crippen LogP) is 4.86. The molecule has 0 radical (unpaired) electrons. The van der Waals surface area contributed by atoms with Crippen molar-refractivity contribution in [1.82, 2.24) is 24.8 Å². The molecule has 37 heavy (non-hydrogen) atoms. The van der Waals surface area contributed by atoms with Crippen LogP contribution in [-0.4, -0.2) is 53.8 Å². The Kier molecular flexibility index (Phi) is 7.65. The van der Waals surface area contributed by atoms with Gasteiger partial charge in [0, 0.05) is 18.5 Å². The van der Waals surface area contributed by atoms with Crippen molar-refractivity contribution < 1.29 is 15.0 Å². The minimum atomic E-state index is -1.32. The van der Waals surface area contributed by atoms with Crippen molar-refractivity contribution in [1.29, 1.82) is 5.41 Å². The molecule has 2 heterocycles. The summed E-state index contributed by atoms with van der Waals surface area (Å²) in [5.41, 5.74) is 1.27. The van der Waals surface area contributed by atoms with Crippen LogP contribution in [0.25, 0.3) is 11.2 Å². The van der Waals surface area contributed by atoms with Crippen LogP contribution in [-0.2, 0) is 6.54 Å². The highest BCUT2D eigenvalue weighted by molar-refractivity contribution is 6.03. The summed E-state index contributed by atoms with van der Waals surface area (Å²) in [5, 5.41) is 34.1. The van der Waals surface area contributed by atoms with Gasteiger partial charge in [-0.05, 0) is 63.2 Å². The second-order valence-electron chi connectivity index (χ2n) is 11.7. The van der Waals surface area contributed by atoms with Crippen LogP contribution >= 0.6 is 0 Å². The summed E-state index contributed by atoms with van der Waals surface area (Å²) in [6, 6.07) is 0.184. The standard InChI is InChI=1S/C27H41N7O3/c1-15-10-12-17(13-11-15)14-34-21-23(29-16(2)18-6-5-7-18)31-25(22(28)30-27(36)37)32-24(21)33-26(34)19-8-3-4-9-20(19)35/h15-20,35H,3-14H2,1-2H3,(H2,28,30)(H,36,37)(H,29,31,32)/t15?,16-,17?,19?,20?/m1/s1. The van der Waals surface area contributed by atoms with Crippen LogP contribution in [0, 0.1) is 23.2 Å². The lowest BCUT2D eigenvalue weighted by molar-refractivity contribution is 0.100. The van der Waals surface area contributed by atoms with Gasteiger partial charge in [0.25, 0.3) is 0 Å². The third-order valence-corrected chi connectivity index (χ3v) is 8.95. The first-order chi connectivity index (χ1) is 17.8. The van der Waals surface area contributed by atoms with Crippen molar-refractivity contribution in [2.45, 2.75) is 109 Å². The van der Waals surface area contributed by atoms with Crippen molar-refractivity contribution in [2.75, 3.05) is 5.32 Å². The van der Waals surface area contributed by atoms with E-state index in [9.17, 15) is 9.90 Å². The Labute approximate surface area is 218 Å². The van der Waals surface area contributed by atoms with Gasteiger partial charge in [0.05, 0.1) is 6.10 Å². The minimum Gasteiger partial charge on any atom is -0.465 e. The highest BCUT2D eigenvalue weighted by atomic mass is 16.4. The van der Waals surface area contributed by atoms with Crippen LogP contribution < -0.4 is 10.6 Å². The first-order valence-corrected chi connectivity index (χ1v) is 14.1. The second kappa shape index (κ2) is 10.9. The lowest BCUT2D eigenvalue weighted by Crippen LogP contribution is -2.33. The first-order valence-electron chi connectivity index (χ1n) is 14.1. The van der Waals surface area contributed by atoms with Crippen LogP contribution in [0.4, 0.5) is 10.6 Å². The molecule has 2 aromatic rings. The smallest absolute Gasteiger partial charge is 0.410 e. The van der Waals surface area contributed by atoms with Gasteiger partial charge in [-0.1, -0.05) is 39.0 Å². The number of amidine groups is 1. The molecular formula is C27H41N7O3. The van der Waals surface area contributed by atoms with Crippen molar-refractivity contribution >= 4 is 28.9 Å². The molecule has 0 bridgehead atoms. The first kappa shape index (κ1) is 25.9. The number of fused-ring (bicyclic) bond motifs is 1. The van der Waals surface area contributed by atoms with Gasteiger partial charge in [-0.25, -0.2) is 19.7 Å². The number of aliphatic hydroxyl groups excluding tert-OH is 1. The average Bonchev–Trinajstić information content (AvgIpc) is 3.17. The van der Waals surface area contributed by atoms with Gasteiger partial charge in [0.1, 0.15) is 11.3 Å². The van der Waals surface area contributed by atoms with Crippen molar-refractivity contribution in [3.63, 3.8) is 0 Å². The number of carboxylic acid groups (broad SMARTS) is 1. The second-order valence-corrected chi connectivity index (χ2v) is 11.7. The number of aromatic nitrogens is 4. The number of amides is 1. The predicted molar refractivity (Wildman–Crippen MR) is 142 cm³/mol. The van der Waals surface area contributed by atoms with Crippen LogP contribution in [0.1, 0.15) is 102 Å². The molecular weight excluding hydrogens is 470 g/mol. The molecule has 0 aliphatic heterocycles. The Morgan fingerprint density at radius 1 is 1.05 bits per heavy atom. The minimum absolute atomic E-state index is 0.00472. The molecule has 5 N–H and O–H groups in total. The fourth-order valence-electron chi connectivity index (χ4n) is 6.35. The van der Waals surface area contributed by atoms with Gasteiger partial charge in [-0.3, -0.25) is 10.7 Å². The molecule has 2 aromatic heterocycles. The van der Waals surface area contributed by atoms with Gasteiger partial charge in [0.15, 0.2) is 23.1 Å². The molecule has 0 spiro atoms. The molecule has 202 valence electrons. The van der Waals surface area contributed by atoms with E-state index in [1.807, 2.05) is 0 Å². The lowest BCUT2D eigenvalue weighted by Gasteiger charge is -2.33. The van der Waals surface area contributed by atoms with E-state index in [1.54, 1.807) is 0 Å². The van der Waals surface area contributed by atoms with Gasteiger partial charge in [0.2, 0.25) is 0 Å². The molecule has 3 aliphatic rings. The van der Waals surface area contributed by atoms with E-state index in [2.05, 4.69) is 39.0 Å². The van der Waals surface area contributed by atoms with Crippen molar-refractivity contribution in [3.05, 3.63) is 11.6 Å². The van der Waals surface area contributed by atoms with Crippen molar-refractivity contribution in [2.24, 2.45) is 17.8 Å². The van der Waals surface area contributed by atoms with E-state index in [-0.39, 0.29) is 23.6 Å². The number of aliphatic hydroxyl groups is 1. The number of carbonyl (C=O) groups is 1. The zero-order valence-electron chi connectivity index (χ0n) is 22.0. The molecule has 0 aromatic carbocycles. The molecule has 2 unspecified atom stereocenters. The highest BCUT2D eigenvalue weighted by Crippen LogP contribution is 2.38. The lowest BCUT2D eigenvalue weighted by atomic mass is 9.80. The zero-order valence-corrected chi connectivity index (χ0v) is 22.0. The van der Waals surface area contributed by atoms with Gasteiger partial charge in [-0.2, -0.15) is 0 Å². The molecule has 3 saturated carbocycles. The number of nitrogens with one attached hydrogen (secondary N) is 3. The third-order valence-electron chi connectivity index (χ3n) is 8.95. The van der Waals surface area contributed by atoms with Gasteiger partial charge < -0.3 is 20.1 Å². The molecule has 3 atom stereocenters. The molecule has 10 heteroatoms. The van der Waals surface area contributed by atoms with E-state index in [0.29, 0.717) is 23.3 Å². The normalized spacial score (nSPS) is 27.4. The van der Waals surface area contributed by atoms with E-state index < -0.39 is 12.2 Å². The Hall–Kier alpha value is -2.75. The van der Waals surface area contributed by atoms with E-state index >= 15 is 0 Å². The summed E-state index contributed by atoms with van der Waals surface area (Å²) in [4.78, 5) is 25.4. The zero-order chi connectivity index (χ0) is 26.1. The number of hydrogen-bond donors (Lipinski definition) is 5. The third kappa shape index (κ3) is 5.58. The topological polar surface area (TPSA) is 149 Å². The molecule has 3 fully saturated rings. The fourth-order valence-corrected chi connectivity index (χ4v) is 6.35. The fraction of sp³-hybridized carbons (Fsp3) is 0.741. The summed E-state index contributed by atoms with van der Waals surface area (Å²) in [6.45, 7) is 5.29. The SMILES string of the molecule is CC1CCC(Cn2c(C3CCCCC3O)nc3nc(C(=N)NC(=O)O)nc(N[C@H](C)C4CCC4)c32)CC1.